The van der Waals surface area contributed by atoms with Crippen molar-refractivity contribution < 1.29 is 15.3 Å². The highest BCUT2D eigenvalue weighted by molar-refractivity contribution is 5.53. The molecule has 0 aliphatic heterocycles. The molecule has 2 unspecified atom stereocenters. The van der Waals surface area contributed by atoms with Gasteiger partial charge < -0.3 is 20.6 Å². The summed E-state index contributed by atoms with van der Waals surface area (Å²) in [6.07, 6.45) is 6.16. The van der Waals surface area contributed by atoms with Crippen molar-refractivity contribution in [3.8, 4) is 17.2 Å². The van der Waals surface area contributed by atoms with Gasteiger partial charge in [-0.05, 0) is 24.8 Å². The average molecular weight is 265 g/mol. The first-order valence-electron chi connectivity index (χ1n) is 7.09. The van der Waals surface area contributed by atoms with E-state index in [4.69, 9.17) is 0 Å². The third kappa shape index (κ3) is 3.13. The van der Waals surface area contributed by atoms with E-state index in [-0.39, 0.29) is 11.5 Å². The van der Waals surface area contributed by atoms with Crippen LogP contribution >= 0.6 is 0 Å². The fourth-order valence-corrected chi connectivity index (χ4v) is 2.96. The first-order chi connectivity index (χ1) is 9.13. The van der Waals surface area contributed by atoms with Crippen LogP contribution in [0.5, 0.6) is 17.2 Å². The Kier molecular flexibility index (Phi) is 4.53. The number of benzene rings is 1. The van der Waals surface area contributed by atoms with Gasteiger partial charge in [0.15, 0.2) is 11.5 Å². The van der Waals surface area contributed by atoms with Crippen molar-refractivity contribution in [2.75, 3.05) is 0 Å². The molecule has 0 spiro atoms. The molecule has 2 atom stereocenters. The Bertz CT molecular complexity index is 434. The smallest absolute Gasteiger partial charge is 0.200 e. The summed E-state index contributed by atoms with van der Waals surface area (Å²) in [6, 6.07) is 3.53. The molecule has 1 fully saturated rings. The number of nitrogens with one attached hydrogen (secondary N) is 1. The van der Waals surface area contributed by atoms with E-state index in [0.29, 0.717) is 24.1 Å². The van der Waals surface area contributed by atoms with Crippen LogP contribution in [0.25, 0.3) is 0 Å². The van der Waals surface area contributed by atoms with Crippen LogP contribution in [0, 0.1) is 5.92 Å². The van der Waals surface area contributed by atoms with E-state index in [1.165, 1.54) is 38.2 Å². The molecule has 1 aliphatic carbocycles. The first kappa shape index (κ1) is 14.0. The summed E-state index contributed by atoms with van der Waals surface area (Å²) in [4.78, 5) is 0. The lowest BCUT2D eigenvalue weighted by molar-refractivity contribution is 0.253. The Balaban J connectivity index is 2.00. The lowest BCUT2D eigenvalue weighted by Crippen LogP contribution is -2.37. The van der Waals surface area contributed by atoms with Crippen molar-refractivity contribution in [2.24, 2.45) is 5.92 Å². The van der Waals surface area contributed by atoms with Crippen molar-refractivity contribution in [1.29, 1.82) is 0 Å². The second kappa shape index (κ2) is 6.15. The Morgan fingerprint density at radius 1 is 1.11 bits per heavy atom. The van der Waals surface area contributed by atoms with Gasteiger partial charge in [-0.2, -0.15) is 0 Å². The minimum Gasteiger partial charge on any atom is -0.504 e. The molecule has 0 radical (unpaired) electrons. The van der Waals surface area contributed by atoms with E-state index in [0.717, 1.165) is 0 Å². The quantitative estimate of drug-likeness (QED) is 0.632. The van der Waals surface area contributed by atoms with E-state index >= 15 is 0 Å². The summed E-state index contributed by atoms with van der Waals surface area (Å²) in [5, 5.41) is 32.0. The van der Waals surface area contributed by atoms with Gasteiger partial charge in [-0.15, -0.1) is 0 Å². The van der Waals surface area contributed by atoms with Crippen LogP contribution in [0.4, 0.5) is 0 Å². The molecule has 1 aliphatic rings. The Morgan fingerprint density at radius 2 is 1.84 bits per heavy atom. The molecule has 2 rings (SSSR count). The number of hydrogen-bond donors (Lipinski definition) is 4. The van der Waals surface area contributed by atoms with Gasteiger partial charge in [0.25, 0.3) is 0 Å². The van der Waals surface area contributed by atoms with Crippen LogP contribution in [-0.4, -0.2) is 21.4 Å². The van der Waals surface area contributed by atoms with Gasteiger partial charge in [0.1, 0.15) is 0 Å². The van der Waals surface area contributed by atoms with Gasteiger partial charge in [-0.25, -0.2) is 0 Å². The van der Waals surface area contributed by atoms with Crippen LogP contribution < -0.4 is 5.32 Å². The summed E-state index contributed by atoms with van der Waals surface area (Å²) in [5.41, 5.74) is 0.621. The Hall–Kier alpha value is -1.42. The maximum atomic E-state index is 9.78. The molecule has 4 heteroatoms. The van der Waals surface area contributed by atoms with Crippen LogP contribution in [0.2, 0.25) is 0 Å². The van der Waals surface area contributed by atoms with Crippen molar-refractivity contribution in [2.45, 2.75) is 51.6 Å². The zero-order valence-corrected chi connectivity index (χ0v) is 11.4. The zero-order chi connectivity index (χ0) is 13.8. The first-order valence-corrected chi connectivity index (χ1v) is 7.09. The summed E-state index contributed by atoms with van der Waals surface area (Å²) < 4.78 is 0. The highest BCUT2D eigenvalue weighted by Gasteiger charge is 2.23. The van der Waals surface area contributed by atoms with Crippen molar-refractivity contribution in [3.05, 3.63) is 17.7 Å². The third-order valence-corrected chi connectivity index (χ3v) is 4.20. The summed E-state index contributed by atoms with van der Waals surface area (Å²) in [6.45, 7) is 2.73. The molecule has 0 saturated heterocycles. The van der Waals surface area contributed by atoms with Crippen LogP contribution in [-0.2, 0) is 6.54 Å². The topological polar surface area (TPSA) is 72.7 Å². The molecule has 4 nitrogen and oxygen atoms in total. The second-order valence-electron chi connectivity index (χ2n) is 5.38. The summed E-state index contributed by atoms with van der Waals surface area (Å²) in [7, 11) is 0. The van der Waals surface area contributed by atoms with Crippen LogP contribution in [0.15, 0.2) is 12.1 Å². The third-order valence-electron chi connectivity index (χ3n) is 4.20. The molecule has 1 aromatic rings. The summed E-state index contributed by atoms with van der Waals surface area (Å²) >= 11 is 0. The fraction of sp³-hybridized carbons (Fsp3) is 0.600. The number of rotatable bonds is 4. The van der Waals surface area contributed by atoms with Gasteiger partial charge in [-0.1, -0.05) is 32.3 Å². The van der Waals surface area contributed by atoms with E-state index in [1.807, 2.05) is 0 Å². The maximum absolute atomic E-state index is 9.78. The number of hydrogen-bond acceptors (Lipinski definition) is 4. The zero-order valence-electron chi connectivity index (χ0n) is 11.4. The van der Waals surface area contributed by atoms with E-state index < -0.39 is 5.75 Å². The minimum absolute atomic E-state index is 0.226. The van der Waals surface area contributed by atoms with Crippen LogP contribution in [0.3, 0.4) is 0 Å². The number of phenolic OH excluding ortho intramolecular Hbond substituents is 3. The van der Waals surface area contributed by atoms with E-state index in [2.05, 4.69) is 12.2 Å². The lowest BCUT2D eigenvalue weighted by Gasteiger charge is -2.31. The largest absolute Gasteiger partial charge is 0.504 e. The van der Waals surface area contributed by atoms with Gasteiger partial charge in [0.2, 0.25) is 5.75 Å². The Labute approximate surface area is 114 Å². The molecule has 19 heavy (non-hydrogen) atoms. The molecule has 1 aromatic carbocycles. The monoisotopic (exact) mass is 265 g/mol. The van der Waals surface area contributed by atoms with Gasteiger partial charge in [-0.3, -0.25) is 0 Å². The molecule has 1 saturated carbocycles. The van der Waals surface area contributed by atoms with Gasteiger partial charge in [0.05, 0.1) is 0 Å². The Morgan fingerprint density at radius 3 is 2.58 bits per heavy atom. The predicted octanol–water partition coefficient (Wildman–Crippen LogP) is 2.86. The minimum atomic E-state index is -0.435. The van der Waals surface area contributed by atoms with Crippen molar-refractivity contribution in [1.82, 2.24) is 5.32 Å². The molecule has 106 valence electrons. The van der Waals surface area contributed by atoms with Crippen molar-refractivity contribution in [3.63, 3.8) is 0 Å². The van der Waals surface area contributed by atoms with Crippen molar-refractivity contribution >= 4 is 0 Å². The molecule has 0 heterocycles. The van der Waals surface area contributed by atoms with Gasteiger partial charge in [0, 0.05) is 18.2 Å². The average Bonchev–Trinajstić information content (AvgIpc) is 2.44. The summed E-state index contributed by atoms with van der Waals surface area (Å²) in [5.74, 6) is -0.252. The normalized spacial score (nSPS) is 23.4. The molecule has 0 aromatic heterocycles. The molecule has 0 amide bonds. The molecule has 0 bridgehead atoms. The standard InChI is InChI=1S/C15H23NO3/c1-2-10-5-3-4-6-12(10)16-9-11-7-8-13(17)15(19)14(11)18/h7-8,10,12,16-19H,2-6,9H2,1H3. The molecule has 4 N–H and O–H groups in total. The van der Waals surface area contributed by atoms with Crippen LogP contribution in [0.1, 0.15) is 44.6 Å². The molecular weight excluding hydrogens is 242 g/mol. The number of phenols is 3. The number of aromatic hydroxyl groups is 3. The lowest BCUT2D eigenvalue weighted by atomic mass is 9.83. The second-order valence-corrected chi connectivity index (χ2v) is 5.38. The highest BCUT2D eigenvalue weighted by atomic mass is 16.3. The maximum Gasteiger partial charge on any atom is 0.200 e. The van der Waals surface area contributed by atoms with E-state index in [9.17, 15) is 15.3 Å². The van der Waals surface area contributed by atoms with Gasteiger partial charge >= 0.3 is 0 Å². The predicted molar refractivity (Wildman–Crippen MR) is 74.3 cm³/mol. The van der Waals surface area contributed by atoms with E-state index in [1.54, 1.807) is 6.07 Å². The molecular formula is C15H23NO3. The highest BCUT2D eigenvalue weighted by Crippen LogP contribution is 2.37. The fourth-order valence-electron chi connectivity index (χ4n) is 2.96. The SMILES string of the molecule is CCC1CCCCC1NCc1ccc(O)c(O)c1O.